The third kappa shape index (κ3) is 2.82. The van der Waals surface area contributed by atoms with Gasteiger partial charge in [-0.1, -0.05) is 24.3 Å². The number of aromatic nitrogens is 4. The zero-order valence-corrected chi connectivity index (χ0v) is 14.0. The lowest BCUT2D eigenvalue weighted by atomic mass is 9.88. The number of aryl methyl sites for hydroxylation is 2. The Hall–Kier alpha value is -2.96. The van der Waals surface area contributed by atoms with Gasteiger partial charge in [-0.25, -0.2) is 4.98 Å². The molecule has 1 unspecified atom stereocenters. The van der Waals surface area contributed by atoms with Crippen LogP contribution in [0.2, 0.25) is 0 Å². The van der Waals surface area contributed by atoms with Crippen molar-refractivity contribution in [1.29, 1.82) is 0 Å². The number of carbonyl (C=O) groups excluding carboxylic acids is 1. The van der Waals surface area contributed by atoms with Crippen LogP contribution in [0.3, 0.4) is 0 Å². The van der Waals surface area contributed by atoms with Gasteiger partial charge in [0.15, 0.2) is 5.65 Å². The Morgan fingerprint density at radius 1 is 1.36 bits per heavy atom. The minimum Gasteiger partial charge on any atom is -0.348 e. The third-order valence-corrected chi connectivity index (χ3v) is 4.74. The molecule has 7 nitrogen and oxygen atoms in total. The highest BCUT2D eigenvalue weighted by molar-refractivity contribution is 5.77. The van der Waals surface area contributed by atoms with Gasteiger partial charge < -0.3 is 5.32 Å². The number of amides is 1. The zero-order valence-electron chi connectivity index (χ0n) is 14.0. The monoisotopic (exact) mass is 337 g/mol. The molecule has 1 atom stereocenters. The van der Waals surface area contributed by atoms with Crippen LogP contribution in [0.15, 0.2) is 41.6 Å². The molecule has 0 spiro atoms. The Bertz CT molecular complexity index is 1000. The predicted molar refractivity (Wildman–Crippen MR) is 93.0 cm³/mol. The summed E-state index contributed by atoms with van der Waals surface area (Å²) in [5.41, 5.74) is 2.73. The average Bonchev–Trinajstić information content (AvgIpc) is 2.99. The summed E-state index contributed by atoms with van der Waals surface area (Å²) in [5.74, 6) is -0.186. The number of fused-ring (bicyclic) bond motifs is 2. The lowest BCUT2D eigenvalue weighted by Crippen LogP contribution is -2.36. The van der Waals surface area contributed by atoms with E-state index < -0.39 is 0 Å². The van der Waals surface area contributed by atoms with Crippen molar-refractivity contribution in [1.82, 2.24) is 24.6 Å². The van der Waals surface area contributed by atoms with Gasteiger partial charge in [0, 0.05) is 7.05 Å². The van der Waals surface area contributed by atoms with Crippen molar-refractivity contribution in [3.8, 4) is 0 Å². The fourth-order valence-electron chi connectivity index (χ4n) is 3.48. The summed E-state index contributed by atoms with van der Waals surface area (Å²) < 4.78 is 2.87. The second kappa shape index (κ2) is 6.16. The van der Waals surface area contributed by atoms with E-state index in [9.17, 15) is 9.59 Å². The summed E-state index contributed by atoms with van der Waals surface area (Å²) in [6, 6.07) is 8.20. The molecule has 0 bridgehead atoms. The molecule has 7 heteroatoms. The molecular weight excluding hydrogens is 318 g/mol. The van der Waals surface area contributed by atoms with Crippen molar-refractivity contribution >= 4 is 16.9 Å². The van der Waals surface area contributed by atoms with Gasteiger partial charge in [-0.05, 0) is 30.4 Å². The molecular formula is C18H19N5O2. The summed E-state index contributed by atoms with van der Waals surface area (Å²) in [7, 11) is 1.73. The third-order valence-electron chi connectivity index (χ3n) is 4.74. The number of carbonyl (C=O) groups is 1. The van der Waals surface area contributed by atoms with Crippen LogP contribution in [-0.4, -0.2) is 25.2 Å². The van der Waals surface area contributed by atoms with Gasteiger partial charge in [0.25, 0.3) is 5.56 Å². The number of hydrogen-bond donors (Lipinski definition) is 1. The number of benzene rings is 1. The van der Waals surface area contributed by atoms with Crippen molar-refractivity contribution in [2.75, 3.05) is 0 Å². The Labute approximate surface area is 144 Å². The first-order valence-corrected chi connectivity index (χ1v) is 8.38. The van der Waals surface area contributed by atoms with Crippen LogP contribution in [0, 0.1) is 0 Å². The van der Waals surface area contributed by atoms with Gasteiger partial charge in [-0.3, -0.25) is 18.8 Å². The van der Waals surface area contributed by atoms with Crippen LogP contribution in [0.25, 0.3) is 11.0 Å². The minimum absolute atomic E-state index is 0.00299. The fourth-order valence-corrected chi connectivity index (χ4v) is 3.48. The molecule has 4 rings (SSSR count). The van der Waals surface area contributed by atoms with Gasteiger partial charge >= 0.3 is 0 Å². The Morgan fingerprint density at radius 3 is 3.08 bits per heavy atom. The molecule has 128 valence electrons. The van der Waals surface area contributed by atoms with Crippen molar-refractivity contribution in [3.05, 3.63) is 58.3 Å². The van der Waals surface area contributed by atoms with E-state index in [0.717, 1.165) is 19.3 Å². The first-order valence-electron chi connectivity index (χ1n) is 8.38. The topological polar surface area (TPSA) is 81.8 Å². The molecule has 1 aliphatic rings. The maximum Gasteiger partial charge on any atom is 0.264 e. The Balaban J connectivity index is 1.54. The molecule has 1 aliphatic carbocycles. The minimum atomic E-state index is -0.253. The largest absolute Gasteiger partial charge is 0.348 e. The second-order valence-electron chi connectivity index (χ2n) is 6.39. The van der Waals surface area contributed by atoms with E-state index >= 15 is 0 Å². The molecule has 0 saturated heterocycles. The van der Waals surface area contributed by atoms with E-state index in [1.807, 2.05) is 12.1 Å². The average molecular weight is 337 g/mol. The normalized spacial score (nSPS) is 16.6. The summed E-state index contributed by atoms with van der Waals surface area (Å²) in [6.07, 6.45) is 5.89. The standard InChI is InChI=1S/C18H19N5O2/c1-22-17-14(9-20-22)18(25)23(11-19-17)10-16(24)21-15-8-4-6-12-5-2-3-7-13(12)15/h2-3,5,7,9,11,15H,4,6,8,10H2,1H3,(H,21,24). The van der Waals surface area contributed by atoms with Gasteiger partial charge in [0.2, 0.25) is 5.91 Å². The summed E-state index contributed by atoms with van der Waals surface area (Å²) >= 11 is 0. The van der Waals surface area contributed by atoms with Crippen molar-refractivity contribution in [3.63, 3.8) is 0 Å². The number of nitrogens with one attached hydrogen (secondary N) is 1. The van der Waals surface area contributed by atoms with Crippen LogP contribution >= 0.6 is 0 Å². The van der Waals surface area contributed by atoms with Crippen LogP contribution in [0.1, 0.15) is 30.0 Å². The highest BCUT2D eigenvalue weighted by Crippen LogP contribution is 2.29. The maximum atomic E-state index is 12.5. The molecule has 0 aliphatic heterocycles. The quantitative estimate of drug-likeness (QED) is 0.781. The summed E-state index contributed by atoms with van der Waals surface area (Å²) in [4.78, 5) is 29.1. The van der Waals surface area contributed by atoms with E-state index in [-0.39, 0.29) is 24.1 Å². The van der Waals surface area contributed by atoms with Crippen molar-refractivity contribution in [2.45, 2.75) is 31.8 Å². The van der Waals surface area contributed by atoms with E-state index in [1.165, 1.54) is 28.2 Å². The van der Waals surface area contributed by atoms with Crippen LogP contribution < -0.4 is 10.9 Å². The molecule has 0 fully saturated rings. The lowest BCUT2D eigenvalue weighted by molar-refractivity contribution is -0.122. The molecule has 3 aromatic rings. The molecule has 0 saturated carbocycles. The zero-order chi connectivity index (χ0) is 17.4. The first-order chi connectivity index (χ1) is 12.1. The Morgan fingerprint density at radius 2 is 2.20 bits per heavy atom. The van der Waals surface area contributed by atoms with Gasteiger partial charge in [0.05, 0.1) is 12.2 Å². The SMILES string of the molecule is Cn1ncc2c(=O)n(CC(=O)NC3CCCc4ccccc43)cnc21. The predicted octanol–water partition coefficient (Wildman–Crippen LogP) is 1.32. The molecule has 25 heavy (non-hydrogen) atoms. The second-order valence-corrected chi connectivity index (χ2v) is 6.39. The van der Waals surface area contributed by atoms with Gasteiger partial charge in [0.1, 0.15) is 18.3 Å². The Kier molecular flexibility index (Phi) is 3.83. The number of hydrogen-bond acceptors (Lipinski definition) is 4. The molecule has 2 aromatic heterocycles. The molecule has 1 N–H and O–H groups in total. The van der Waals surface area contributed by atoms with E-state index in [2.05, 4.69) is 27.5 Å². The maximum absolute atomic E-state index is 12.5. The smallest absolute Gasteiger partial charge is 0.264 e. The van der Waals surface area contributed by atoms with Crippen LogP contribution in [0.4, 0.5) is 0 Å². The number of rotatable bonds is 3. The summed E-state index contributed by atoms with van der Waals surface area (Å²) in [5, 5.41) is 7.51. The van der Waals surface area contributed by atoms with Crippen molar-refractivity contribution < 1.29 is 4.79 Å². The molecule has 1 aromatic carbocycles. The molecule has 1 amide bonds. The van der Waals surface area contributed by atoms with Gasteiger partial charge in [-0.2, -0.15) is 5.10 Å². The van der Waals surface area contributed by atoms with E-state index in [4.69, 9.17) is 0 Å². The van der Waals surface area contributed by atoms with Crippen LogP contribution in [0.5, 0.6) is 0 Å². The first kappa shape index (κ1) is 15.6. The van der Waals surface area contributed by atoms with Crippen LogP contribution in [-0.2, 0) is 24.8 Å². The highest BCUT2D eigenvalue weighted by Gasteiger charge is 2.21. The fraction of sp³-hybridized carbons (Fsp3) is 0.333. The number of nitrogens with zero attached hydrogens (tertiary/aromatic N) is 4. The summed E-state index contributed by atoms with van der Waals surface area (Å²) in [6.45, 7) is -0.0463. The molecule has 0 radical (unpaired) electrons. The van der Waals surface area contributed by atoms with Gasteiger partial charge in [-0.15, -0.1) is 0 Å². The lowest BCUT2D eigenvalue weighted by Gasteiger charge is -2.26. The molecule has 2 heterocycles. The van der Waals surface area contributed by atoms with E-state index in [0.29, 0.717) is 11.0 Å². The van der Waals surface area contributed by atoms with E-state index in [1.54, 1.807) is 11.7 Å². The van der Waals surface area contributed by atoms with Crippen molar-refractivity contribution in [2.24, 2.45) is 7.05 Å². The highest BCUT2D eigenvalue weighted by atomic mass is 16.2.